The molecule has 3 rings (SSSR count). The highest BCUT2D eigenvalue weighted by Gasteiger charge is 2.40. The van der Waals surface area contributed by atoms with Crippen molar-refractivity contribution in [3.05, 3.63) is 72.8 Å². The molecule has 0 aliphatic carbocycles. The van der Waals surface area contributed by atoms with E-state index in [9.17, 15) is 20.1 Å². The van der Waals surface area contributed by atoms with Gasteiger partial charge in [-0.15, -0.1) is 0 Å². The molecule has 0 saturated heterocycles. The van der Waals surface area contributed by atoms with Gasteiger partial charge >= 0.3 is 5.97 Å². The molecule has 0 fully saturated rings. The van der Waals surface area contributed by atoms with Crippen LogP contribution in [0.3, 0.4) is 0 Å². The minimum Gasteiger partial charge on any atom is -0.508 e. The lowest BCUT2D eigenvalue weighted by molar-refractivity contribution is -0.133. The van der Waals surface area contributed by atoms with Crippen LogP contribution < -0.4 is 0 Å². The van der Waals surface area contributed by atoms with Crippen LogP contribution >= 0.6 is 10.3 Å². The first-order chi connectivity index (χ1) is 13.0. The zero-order chi connectivity index (χ0) is 19.4. The minimum atomic E-state index is -2.78. The quantitative estimate of drug-likeness (QED) is 0.579. The van der Waals surface area contributed by atoms with Gasteiger partial charge in [-0.25, -0.2) is 0 Å². The first-order valence-corrected chi connectivity index (χ1v) is 9.95. The Kier molecular flexibility index (Phi) is 5.28. The maximum absolute atomic E-state index is 12.4. The van der Waals surface area contributed by atoms with Crippen molar-refractivity contribution in [1.29, 1.82) is 0 Å². The maximum Gasteiger partial charge on any atom is 0.316 e. The van der Waals surface area contributed by atoms with Crippen molar-refractivity contribution in [2.24, 2.45) is 0 Å². The standard InChI is InChI=1S/C21H20O5S/c1-2-20(25)26-27(16-9-5-3-6-10-16,17-11-7-4-8-12-17)21-18(23)13-15(22)14-19(21)24/h3-14,22-24H,2H2,1H3. The van der Waals surface area contributed by atoms with E-state index in [1.165, 1.54) is 0 Å². The van der Waals surface area contributed by atoms with Crippen molar-refractivity contribution in [2.75, 3.05) is 0 Å². The zero-order valence-corrected chi connectivity index (χ0v) is 15.5. The number of phenols is 3. The van der Waals surface area contributed by atoms with Crippen LogP contribution in [0.5, 0.6) is 17.2 Å². The predicted octanol–water partition coefficient (Wildman–Crippen LogP) is 4.95. The van der Waals surface area contributed by atoms with E-state index in [1.54, 1.807) is 55.5 Å². The lowest BCUT2D eigenvalue weighted by Crippen LogP contribution is -2.13. The molecule has 140 valence electrons. The Morgan fingerprint density at radius 1 is 0.852 bits per heavy atom. The summed E-state index contributed by atoms with van der Waals surface area (Å²) in [5.74, 6) is -1.45. The van der Waals surface area contributed by atoms with Crippen LogP contribution in [0.4, 0.5) is 0 Å². The second-order valence-corrected chi connectivity index (χ2v) is 8.43. The molecule has 0 spiro atoms. The van der Waals surface area contributed by atoms with Crippen molar-refractivity contribution in [3.8, 4) is 17.2 Å². The molecule has 0 radical (unpaired) electrons. The summed E-state index contributed by atoms with van der Waals surface area (Å²) in [6.45, 7) is 1.68. The van der Waals surface area contributed by atoms with E-state index in [-0.39, 0.29) is 28.6 Å². The number of hydrogen-bond acceptors (Lipinski definition) is 5. The van der Waals surface area contributed by atoms with Crippen molar-refractivity contribution >= 4 is 16.3 Å². The molecular weight excluding hydrogens is 364 g/mol. The molecule has 3 N–H and O–H groups in total. The van der Waals surface area contributed by atoms with Crippen molar-refractivity contribution in [1.82, 2.24) is 0 Å². The second-order valence-electron chi connectivity index (χ2n) is 5.80. The third-order valence-corrected chi connectivity index (χ3v) is 7.28. The summed E-state index contributed by atoms with van der Waals surface area (Å²) in [6, 6.07) is 20.3. The Morgan fingerprint density at radius 2 is 1.30 bits per heavy atom. The molecule has 3 aromatic rings. The summed E-state index contributed by atoms with van der Waals surface area (Å²) < 4.78 is 5.99. The van der Waals surface area contributed by atoms with Crippen LogP contribution in [0.1, 0.15) is 13.3 Å². The summed E-state index contributed by atoms with van der Waals surface area (Å²) in [4.78, 5) is 13.8. The van der Waals surface area contributed by atoms with Gasteiger partial charge in [0, 0.05) is 38.7 Å². The number of hydrogen-bond donors (Lipinski definition) is 3. The fraction of sp³-hybridized carbons (Fsp3) is 0.0952. The van der Waals surface area contributed by atoms with E-state index < -0.39 is 16.3 Å². The third kappa shape index (κ3) is 3.44. The summed E-state index contributed by atoms with van der Waals surface area (Å²) in [5.41, 5.74) is 0. The molecular formula is C21H20O5S. The first kappa shape index (κ1) is 18.7. The lowest BCUT2D eigenvalue weighted by Gasteiger charge is -2.40. The molecule has 27 heavy (non-hydrogen) atoms. The predicted molar refractivity (Wildman–Crippen MR) is 103 cm³/mol. The highest BCUT2D eigenvalue weighted by Crippen LogP contribution is 2.73. The van der Waals surface area contributed by atoms with Crippen molar-refractivity contribution in [3.63, 3.8) is 0 Å². The first-order valence-electron chi connectivity index (χ1n) is 8.39. The van der Waals surface area contributed by atoms with Crippen molar-refractivity contribution in [2.45, 2.75) is 28.0 Å². The van der Waals surface area contributed by atoms with E-state index in [2.05, 4.69) is 0 Å². The molecule has 0 bridgehead atoms. The molecule has 0 heterocycles. The van der Waals surface area contributed by atoms with Gasteiger partial charge in [-0.3, -0.25) is 4.79 Å². The number of benzene rings is 3. The Balaban J connectivity index is 2.43. The SMILES string of the molecule is CCC(=O)OS(c1ccccc1)(c1ccccc1)c1c(O)cc(O)cc1O. The highest BCUT2D eigenvalue weighted by atomic mass is 32.3. The van der Waals surface area contributed by atoms with Gasteiger partial charge in [-0.05, 0) is 24.3 Å². The lowest BCUT2D eigenvalue weighted by atomic mass is 10.3. The van der Waals surface area contributed by atoms with Crippen molar-refractivity contribution < 1.29 is 24.3 Å². The smallest absolute Gasteiger partial charge is 0.316 e. The fourth-order valence-electron chi connectivity index (χ4n) is 2.81. The number of carbonyl (C=O) groups excluding carboxylic acids is 1. The number of carbonyl (C=O) groups is 1. The fourth-order valence-corrected chi connectivity index (χ4v) is 6.01. The van der Waals surface area contributed by atoms with Gasteiger partial charge in [0.05, 0.1) is 0 Å². The van der Waals surface area contributed by atoms with Crippen LogP contribution in [0, 0.1) is 0 Å². The summed E-state index contributed by atoms with van der Waals surface area (Å²) in [6.07, 6.45) is 0.133. The summed E-state index contributed by atoms with van der Waals surface area (Å²) in [5, 5.41) is 31.0. The molecule has 0 aromatic heterocycles. The molecule has 0 unspecified atom stereocenters. The van der Waals surface area contributed by atoms with E-state index >= 15 is 0 Å². The third-order valence-electron chi connectivity index (χ3n) is 3.98. The van der Waals surface area contributed by atoms with Crippen LogP contribution in [0.15, 0.2) is 87.5 Å². The molecule has 0 atom stereocenters. The van der Waals surface area contributed by atoms with Gasteiger partial charge < -0.3 is 19.5 Å². The maximum atomic E-state index is 12.4. The van der Waals surface area contributed by atoms with Gasteiger partial charge in [-0.1, -0.05) is 43.3 Å². The molecule has 0 aliphatic heterocycles. The molecule has 0 aliphatic rings. The largest absolute Gasteiger partial charge is 0.508 e. The highest BCUT2D eigenvalue weighted by molar-refractivity contribution is 8.30. The molecule has 0 amide bonds. The molecule has 0 saturated carbocycles. The van der Waals surface area contributed by atoms with E-state index in [1.807, 2.05) is 12.1 Å². The number of rotatable bonds is 5. The van der Waals surface area contributed by atoms with Crippen LogP contribution in [-0.2, 0) is 8.98 Å². The Labute approximate surface area is 159 Å². The average molecular weight is 384 g/mol. The van der Waals surface area contributed by atoms with Gasteiger partial charge in [0.25, 0.3) is 0 Å². The van der Waals surface area contributed by atoms with Gasteiger partial charge in [0.15, 0.2) is 0 Å². The van der Waals surface area contributed by atoms with Crippen LogP contribution in [-0.4, -0.2) is 21.3 Å². The zero-order valence-electron chi connectivity index (χ0n) is 14.7. The van der Waals surface area contributed by atoms with E-state index in [0.29, 0.717) is 9.79 Å². The van der Waals surface area contributed by atoms with Crippen LogP contribution in [0.2, 0.25) is 0 Å². The Hall–Kier alpha value is -3.12. The normalized spacial score (nSPS) is 11.7. The van der Waals surface area contributed by atoms with Crippen LogP contribution in [0.25, 0.3) is 0 Å². The number of aromatic hydroxyl groups is 3. The Morgan fingerprint density at radius 3 is 1.70 bits per heavy atom. The average Bonchev–Trinajstić information content (AvgIpc) is 2.67. The molecule has 3 aromatic carbocycles. The van der Waals surface area contributed by atoms with Gasteiger partial charge in [0.2, 0.25) is 0 Å². The summed E-state index contributed by atoms with van der Waals surface area (Å²) in [7, 11) is -2.78. The molecule has 6 heteroatoms. The van der Waals surface area contributed by atoms with E-state index in [0.717, 1.165) is 12.1 Å². The minimum absolute atomic E-state index is 0.0690. The second kappa shape index (κ2) is 7.63. The number of phenolic OH excluding ortho intramolecular Hbond substituents is 3. The van der Waals surface area contributed by atoms with E-state index in [4.69, 9.17) is 4.18 Å². The Bertz CT molecular complexity index is 879. The van der Waals surface area contributed by atoms with Gasteiger partial charge in [-0.2, -0.15) is 0 Å². The monoisotopic (exact) mass is 384 g/mol. The summed E-state index contributed by atoms with van der Waals surface area (Å²) >= 11 is 0. The molecule has 5 nitrogen and oxygen atoms in total. The topological polar surface area (TPSA) is 87.0 Å². The van der Waals surface area contributed by atoms with Gasteiger partial charge in [0.1, 0.15) is 22.1 Å².